The van der Waals surface area contributed by atoms with Gasteiger partial charge in [0.2, 0.25) is 0 Å². The average molecular weight is 1300 g/mol. The third-order valence-corrected chi connectivity index (χ3v) is 23.0. The van der Waals surface area contributed by atoms with Gasteiger partial charge in [-0.05, 0) is 169 Å². The number of para-hydroxylation sites is 4. The fourth-order valence-corrected chi connectivity index (χ4v) is 18.3. The van der Waals surface area contributed by atoms with Crippen LogP contribution in [0.3, 0.4) is 0 Å². The van der Waals surface area contributed by atoms with Crippen LogP contribution in [0.25, 0.3) is 176 Å². The van der Waals surface area contributed by atoms with Gasteiger partial charge in [-0.1, -0.05) is 270 Å². The Morgan fingerprint density at radius 1 is 0.216 bits per heavy atom. The molecule has 4 heterocycles. The van der Waals surface area contributed by atoms with Gasteiger partial charge in [-0.3, -0.25) is 0 Å². The fourth-order valence-electron chi connectivity index (χ4n) is 18.3. The highest BCUT2D eigenvalue weighted by atomic mass is 15.0. The molecule has 102 heavy (non-hydrogen) atoms. The molecule has 4 nitrogen and oxygen atoms in total. The number of nitrogens with zero attached hydrogens (tertiary/aromatic N) is 4. The monoisotopic (exact) mass is 1300 g/mol. The van der Waals surface area contributed by atoms with E-state index < -0.39 is 0 Å². The van der Waals surface area contributed by atoms with E-state index in [0.717, 1.165) is 0 Å². The fraction of sp³-hybridized carbons (Fsp3) is 0.0612. The van der Waals surface area contributed by atoms with Crippen molar-refractivity contribution in [3.8, 4) is 67.3 Å². The van der Waals surface area contributed by atoms with E-state index in [1.54, 1.807) is 0 Å². The summed E-state index contributed by atoms with van der Waals surface area (Å²) in [6.07, 6.45) is 0. The van der Waals surface area contributed by atoms with Crippen molar-refractivity contribution in [3.63, 3.8) is 0 Å². The van der Waals surface area contributed by atoms with Gasteiger partial charge in [-0.15, -0.1) is 0 Å². The van der Waals surface area contributed by atoms with Crippen LogP contribution >= 0.6 is 0 Å². The van der Waals surface area contributed by atoms with Crippen LogP contribution in [0.5, 0.6) is 0 Å². The first-order valence-corrected chi connectivity index (χ1v) is 35.7. The van der Waals surface area contributed by atoms with Crippen molar-refractivity contribution in [1.29, 1.82) is 0 Å². The van der Waals surface area contributed by atoms with E-state index in [0.29, 0.717) is 0 Å². The van der Waals surface area contributed by atoms with E-state index >= 15 is 0 Å². The van der Waals surface area contributed by atoms with Crippen molar-refractivity contribution < 1.29 is 0 Å². The predicted octanol–water partition coefficient (Wildman–Crippen LogP) is 26.0. The summed E-state index contributed by atoms with van der Waals surface area (Å²) in [4.78, 5) is 0. The Balaban J connectivity index is 0.000000133. The average Bonchev–Trinajstić information content (AvgIpc) is 1.55. The molecule has 0 atom stereocenters. The summed E-state index contributed by atoms with van der Waals surface area (Å²) in [7, 11) is 0. The number of fused-ring (bicyclic) bond motifs is 22. The first-order valence-electron chi connectivity index (χ1n) is 35.7. The molecule has 0 fully saturated rings. The minimum absolute atomic E-state index is 0.0656. The number of aromatic nitrogens is 4. The molecule has 2 aliphatic carbocycles. The van der Waals surface area contributed by atoms with Crippen molar-refractivity contribution in [2.45, 2.75) is 38.5 Å². The molecular formula is C98H68N4. The van der Waals surface area contributed by atoms with Crippen molar-refractivity contribution in [1.82, 2.24) is 18.3 Å². The van der Waals surface area contributed by atoms with Gasteiger partial charge < -0.3 is 18.3 Å². The summed E-state index contributed by atoms with van der Waals surface area (Å²) in [5, 5.41) is 15.2. The molecule has 0 unspecified atom stereocenters. The molecule has 22 rings (SSSR count). The quantitative estimate of drug-likeness (QED) is 0.158. The number of benzene rings is 16. The van der Waals surface area contributed by atoms with Crippen molar-refractivity contribution in [2.24, 2.45) is 0 Å². The SMILES string of the molecule is CC1(C)c2ccccc2-c2c1ccc1c3cc(-c4ccc5c(c4)c4ccccc4n5-c4cccc5ccccc45)ccc3n(-c3ccccc3)c21.CC1(C)c2ccccc2-c2ccc3c4cc(-c5ccc6c(c5)c5ccccc5n6-c5cccc6ccccc56)ccc4n(-c4ccccc4)c3c21. The van der Waals surface area contributed by atoms with Crippen LogP contribution in [0.1, 0.15) is 49.9 Å². The van der Waals surface area contributed by atoms with Gasteiger partial charge in [-0.25, -0.2) is 0 Å². The Morgan fingerprint density at radius 3 is 1.11 bits per heavy atom. The Bertz CT molecular complexity index is 6910. The van der Waals surface area contributed by atoms with E-state index in [1.165, 1.54) is 198 Å². The Hall–Kier alpha value is -12.8. The lowest BCUT2D eigenvalue weighted by Gasteiger charge is -2.23. The van der Waals surface area contributed by atoms with Crippen LogP contribution < -0.4 is 0 Å². The maximum absolute atomic E-state index is 2.50. The number of rotatable bonds is 6. The summed E-state index contributed by atoms with van der Waals surface area (Å²) >= 11 is 0. The first-order chi connectivity index (χ1) is 50.2. The Kier molecular flexibility index (Phi) is 12.5. The van der Waals surface area contributed by atoms with E-state index in [4.69, 9.17) is 0 Å². The van der Waals surface area contributed by atoms with Gasteiger partial charge in [-0.2, -0.15) is 0 Å². The van der Waals surface area contributed by atoms with Gasteiger partial charge in [0.15, 0.2) is 0 Å². The molecule has 0 saturated heterocycles. The lowest BCUT2D eigenvalue weighted by Crippen LogP contribution is -2.16. The lowest BCUT2D eigenvalue weighted by atomic mass is 9.81. The Labute approximate surface area is 591 Å². The zero-order valence-corrected chi connectivity index (χ0v) is 57.1. The van der Waals surface area contributed by atoms with Crippen LogP contribution in [0.15, 0.2) is 340 Å². The second-order valence-electron chi connectivity index (χ2n) is 29.1. The molecule has 0 radical (unpaired) electrons. The molecule has 0 amide bonds. The van der Waals surface area contributed by atoms with Crippen LogP contribution in [-0.4, -0.2) is 18.3 Å². The minimum atomic E-state index is -0.126. The van der Waals surface area contributed by atoms with Crippen molar-refractivity contribution in [3.05, 3.63) is 362 Å². The molecule has 4 heteroatoms. The lowest BCUT2D eigenvalue weighted by molar-refractivity contribution is 0.661. The number of hydrogen-bond acceptors (Lipinski definition) is 0. The third-order valence-electron chi connectivity index (χ3n) is 23.0. The van der Waals surface area contributed by atoms with Crippen LogP contribution in [-0.2, 0) is 10.8 Å². The number of hydrogen-bond donors (Lipinski definition) is 0. The van der Waals surface area contributed by atoms with Gasteiger partial charge >= 0.3 is 0 Å². The standard InChI is InChI=1S/2C49H34N2/c1-49(2)41-20-10-8-19-38(41)47-42(49)26-25-37-40-30-33(23-27-45(40)50(48(37)47)34-15-4-3-5-16-34)32-24-28-46-39(29-32)36-18-9-11-21-44(36)51(46)43-22-12-14-31-13-6-7-17-35(31)43;1-49(2)42-20-10-8-18-36(42)38-25-26-39-41-30-33(23-27-45(41)50(48(39)47(38)49)34-15-4-3-5-16-34)32-24-28-46-40(29-32)37-19-9-11-21-44(37)51(46)43-22-12-14-31-13-6-7-17-35(31)43/h2*3-30H,1-2H3. The molecule has 0 N–H and O–H groups in total. The molecule has 0 saturated carbocycles. The summed E-state index contributed by atoms with van der Waals surface area (Å²) in [6.45, 7) is 9.51. The molecule has 480 valence electrons. The minimum Gasteiger partial charge on any atom is -0.309 e. The van der Waals surface area contributed by atoms with Gasteiger partial charge in [0.1, 0.15) is 0 Å². The molecule has 0 aliphatic heterocycles. The second-order valence-corrected chi connectivity index (χ2v) is 29.1. The Morgan fingerprint density at radius 2 is 0.588 bits per heavy atom. The van der Waals surface area contributed by atoms with E-state index in [-0.39, 0.29) is 10.8 Å². The molecular weight excluding hydrogens is 1230 g/mol. The zero-order valence-electron chi connectivity index (χ0n) is 57.1. The van der Waals surface area contributed by atoms with Crippen LogP contribution in [0.2, 0.25) is 0 Å². The predicted molar refractivity (Wildman–Crippen MR) is 431 cm³/mol. The van der Waals surface area contributed by atoms with Crippen LogP contribution in [0.4, 0.5) is 0 Å². The normalized spacial score (nSPS) is 13.5. The first kappa shape index (κ1) is 58.2. The van der Waals surface area contributed by atoms with E-state index in [9.17, 15) is 0 Å². The molecule has 20 aromatic rings. The maximum Gasteiger partial charge on any atom is 0.0622 e. The van der Waals surface area contributed by atoms with E-state index in [2.05, 4.69) is 386 Å². The topological polar surface area (TPSA) is 19.7 Å². The van der Waals surface area contributed by atoms with Gasteiger partial charge in [0.05, 0.1) is 55.5 Å². The zero-order chi connectivity index (χ0) is 67.7. The maximum atomic E-state index is 2.50. The van der Waals surface area contributed by atoms with Crippen molar-refractivity contribution >= 4 is 109 Å². The smallest absolute Gasteiger partial charge is 0.0622 e. The second kappa shape index (κ2) is 21.9. The summed E-state index contributed by atoms with van der Waals surface area (Å²) in [5.74, 6) is 0. The highest BCUT2D eigenvalue weighted by Crippen LogP contribution is 2.55. The van der Waals surface area contributed by atoms with Crippen LogP contribution in [0, 0.1) is 0 Å². The molecule has 2 aliphatic rings. The van der Waals surface area contributed by atoms with E-state index in [1.807, 2.05) is 0 Å². The van der Waals surface area contributed by atoms with Gasteiger partial charge in [0, 0.05) is 81.6 Å². The summed E-state index contributed by atoms with van der Waals surface area (Å²) in [5.41, 5.74) is 30.4. The molecule has 0 bridgehead atoms. The largest absolute Gasteiger partial charge is 0.309 e. The summed E-state index contributed by atoms with van der Waals surface area (Å²) < 4.78 is 9.87. The third kappa shape index (κ3) is 8.32. The summed E-state index contributed by atoms with van der Waals surface area (Å²) in [6, 6.07) is 126. The van der Waals surface area contributed by atoms with Gasteiger partial charge in [0.25, 0.3) is 0 Å². The molecule has 4 aromatic heterocycles. The van der Waals surface area contributed by atoms with Crippen molar-refractivity contribution in [2.75, 3.05) is 0 Å². The molecule has 0 spiro atoms. The molecule has 16 aromatic carbocycles. The highest BCUT2D eigenvalue weighted by molar-refractivity contribution is 6.19. The highest BCUT2D eigenvalue weighted by Gasteiger charge is 2.40.